The number of carbonyl (C=O) groups excluding carboxylic acids is 2. The topological polar surface area (TPSA) is 61.4 Å². The zero-order valence-electron chi connectivity index (χ0n) is 9.02. The van der Waals surface area contributed by atoms with Crippen LogP contribution in [0.3, 0.4) is 0 Å². The molecule has 8 heteroatoms. The molecule has 0 spiro atoms. The molecule has 0 aromatic carbocycles. The summed E-state index contributed by atoms with van der Waals surface area (Å²) < 4.78 is 35.0. The van der Waals surface area contributed by atoms with E-state index < -0.39 is 18.8 Å². The summed E-state index contributed by atoms with van der Waals surface area (Å²) in [6.45, 7) is -1.39. The molecule has 0 radical (unpaired) electrons. The highest BCUT2D eigenvalue weighted by Gasteiger charge is 2.27. The zero-order valence-corrected chi connectivity index (χ0v) is 9.02. The van der Waals surface area contributed by atoms with E-state index in [-0.39, 0.29) is 18.9 Å². The normalized spacial score (nSPS) is 10.8. The van der Waals surface area contributed by atoms with Crippen molar-refractivity contribution in [2.45, 2.75) is 12.6 Å². The quantitative estimate of drug-likeness (QED) is 0.745. The van der Waals surface area contributed by atoms with E-state index in [1.807, 2.05) is 0 Å². The van der Waals surface area contributed by atoms with Gasteiger partial charge in [0.25, 0.3) is 0 Å². The Morgan fingerprint density at radius 2 is 1.75 bits per heavy atom. The summed E-state index contributed by atoms with van der Waals surface area (Å²) in [5.74, 6) is -0.212. The molecule has 0 aliphatic heterocycles. The summed E-state index contributed by atoms with van der Waals surface area (Å²) in [5, 5.41) is 3.77. The molecular formula is C8H14F3N3O2. The van der Waals surface area contributed by atoms with Crippen LogP contribution in [0.4, 0.5) is 18.0 Å². The van der Waals surface area contributed by atoms with E-state index in [9.17, 15) is 22.8 Å². The van der Waals surface area contributed by atoms with Gasteiger partial charge >= 0.3 is 12.2 Å². The van der Waals surface area contributed by atoms with Crippen LogP contribution in [0.1, 0.15) is 6.42 Å². The third-order valence-electron chi connectivity index (χ3n) is 1.57. The Morgan fingerprint density at radius 3 is 2.19 bits per heavy atom. The van der Waals surface area contributed by atoms with Gasteiger partial charge in [0.1, 0.15) is 6.54 Å². The highest BCUT2D eigenvalue weighted by Crippen LogP contribution is 2.11. The minimum Gasteiger partial charge on any atom is -0.349 e. The molecule has 0 fully saturated rings. The maximum absolute atomic E-state index is 11.7. The minimum absolute atomic E-state index is 0.000698. The molecule has 0 rings (SSSR count). The van der Waals surface area contributed by atoms with Crippen molar-refractivity contribution in [1.29, 1.82) is 0 Å². The van der Waals surface area contributed by atoms with Gasteiger partial charge in [-0.1, -0.05) is 0 Å². The van der Waals surface area contributed by atoms with Crippen molar-refractivity contribution in [3.05, 3.63) is 0 Å². The summed E-state index contributed by atoms with van der Waals surface area (Å²) in [4.78, 5) is 23.1. The number of nitrogens with zero attached hydrogens (tertiary/aromatic N) is 1. The number of alkyl halides is 3. The Kier molecular flexibility index (Phi) is 5.62. The lowest BCUT2D eigenvalue weighted by molar-refractivity contribution is -0.128. The molecular weight excluding hydrogens is 227 g/mol. The second-order valence-corrected chi connectivity index (χ2v) is 3.26. The average Bonchev–Trinajstić information content (AvgIpc) is 2.13. The standard InChI is InChI=1S/C8H14F3N3O2/c1-14(2)6(15)3-4-12-7(16)13-5-8(9,10)11/h3-5H2,1-2H3,(H2,12,13,16). The molecule has 0 aromatic rings. The molecule has 2 N–H and O–H groups in total. The van der Waals surface area contributed by atoms with Crippen LogP contribution >= 0.6 is 0 Å². The van der Waals surface area contributed by atoms with Crippen LogP contribution in [0, 0.1) is 0 Å². The molecule has 0 aromatic heterocycles. The molecule has 3 amide bonds. The average molecular weight is 241 g/mol. The fourth-order valence-electron chi connectivity index (χ4n) is 0.750. The van der Waals surface area contributed by atoms with E-state index in [0.29, 0.717) is 0 Å². The van der Waals surface area contributed by atoms with Gasteiger partial charge in [0.15, 0.2) is 0 Å². The fraction of sp³-hybridized carbons (Fsp3) is 0.750. The lowest BCUT2D eigenvalue weighted by Gasteiger charge is -2.11. The van der Waals surface area contributed by atoms with E-state index in [1.54, 1.807) is 19.4 Å². The minimum atomic E-state index is -4.43. The van der Waals surface area contributed by atoms with E-state index >= 15 is 0 Å². The zero-order chi connectivity index (χ0) is 12.8. The summed E-state index contributed by atoms with van der Waals surface area (Å²) in [5.41, 5.74) is 0. The van der Waals surface area contributed by atoms with Gasteiger partial charge in [0, 0.05) is 27.1 Å². The summed E-state index contributed by atoms with van der Waals surface area (Å²) in [7, 11) is 3.10. The molecule has 0 saturated heterocycles. The molecule has 94 valence electrons. The molecule has 16 heavy (non-hydrogen) atoms. The predicted octanol–water partition coefficient (Wildman–Crippen LogP) is 0.326. The Bertz CT molecular complexity index is 253. The third-order valence-corrected chi connectivity index (χ3v) is 1.57. The van der Waals surface area contributed by atoms with Crippen molar-refractivity contribution < 1.29 is 22.8 Å². The van der Waals surface area contributed by atoms with Gasteiger partial charge in [-0.25, -0.2) is 4.79 Å². The number of urea groups is 1. The van der Waals surface area contributed by atoms with Crippen molar-refractivity contribution in [3.8, 4) is 0 Å². The van der Waals surface area contributed by atoms with E-state index in [2.05, 4.69) is 5.32 Å². The van der Waals surface area contributed by atoms with Gasteiger partial charge in [-0.3, -0.25) is 4.79 Å². The van der Waals surface area contributed by atoms with E-state index in [0.717, 1.165) is 0 Å². The van der Waals surface area contributed by atoms with Gasteiger partial charge in [-0.2, -0.15) is 13.2 Å². The molecule has 0 atom stereocenters. The van der Waals surface area contributed by atoms with Crippen molar-refractivity contribution in [3.63, 3.8) is 0 Å². The second-order valence-electron chi connectivity index (χ2n) is 3.26. The van der Waals surface area contributed by atoms with Crippen molar-refractivity contribution in [2.24, 2.45) is 0 Å². The van der Waals surface area contributed by atoms with Gasteiger partial charge in [-0.15, -0.1) is 0 Å². The molecule has 0 aliphatic carbocycles. The van der Waals surface area contributed by atoms with E-state index in [4.69, 9.17) is 0 Å². The lowest BCUT2D eigenvalue weighted by Crippen LogP contribution is -2.41. The van der Waals surface area contributed by atoms with Crippen molar-refractivity contribution >= 4 is 11.9 Å². The number of rotatable bonds is 4. The predicted molar refractivity (Wildman–Crippen MR) is 50.8 cm³/mol. The molecule has 5 nitrogen and oxygen atoms in total. The summed E-state index contributed by atoms with van der Waals surface area (Å²) in [6.07, 6.45) is -4.39. The van der Waals surface area contributed by atoms with Gasteiger partial charge < -0.3 is 15.5 Å². The van der Waals surface area contributed by atoms with Gasteiger partial charge in [0.2, 0.25) is 5.91 Å². The van der Waals surface area contributed by atoms with Crippen LogP contribution in [0.25, 0.3) is 0 Å². The number of nitrogens with one attached hydrogen (secondary N) is 2. The van der Waals surface area contributed by atoms with Gasteiger partial charge in [-0.05, 0) is 0 Å². The molecule has 0 bridgehead atoms. The van der Waals surface area contributed by atoms with Crippen LogP contribution in [0.2, 0.25) is 0 Å². The van der Waals surface area contributed by atoms with Crippen LogP contribution in [0.15, 0.2) is 0 Å². The third kappa shape index (κ3) is 7.89. The highest BCUT2D eigenvalue weighted by molar-refractivity contribution is 5.77. The Hall–Kier alpha value is -1.47. The van der Waals surface area contributed by atoms with Crippen LogP contribution < -0.4 is 10.6 Å². The Labute approximate surface area is 91.0 Å². The van der Waals surface area contributed by atoms with Crippen molar-refractivity contribution in [1.82, 2.24) is 15.5 Å². The summed E-state index contributed by atoms with van der Waals surface area (Å²) >= 11 is 0. The van der Waals surface area contributed by atoms with Crippen LogP contribution in [0.5, 0.6) is 0 Å². The molecule has 0 heterocycles. The maximum Gasteiger partial charge on any atom is 0.405 e. The number of halogens is 3. The highest BCUT2D eigenvalue weighted by atomic mass is 19.4. The first-order chi connectivity index (χ1) is 7.22. The largest absolute Gasteiger partial charge is 0.405 e. The maximum atomic E-state index is 11.7. The first kappa shape index (κ1) is 14.5. The lowest BCUT2D eigenvalue weighted by atomic mass is 10.4. The summed E-state index contributed by atoms with van der Waals surface area (Å²) in [6, 6.07) is -0.941. The number of hydrogen-bond donors (Lipinski definition) is 2. The van der Waals surface area contributed by atoms with E-state index in [1.165, 1.54) is 4.90 Å². The monoisotopic (exact) mass is 241 g/mol. The van der Waals surface area contributed by atoms with Crippen LogP contribution in [-0.2, 0) is 4.79 Å². The second kappa shape index (κ2) is 6.19. The first-order valence-electron chi connectivity index (χ1n) is 4.51. The number of amides is 3. The smallest absolute Gasteiger partial charge is 0.349 e. The SMILES string of the molecule is CN(C)C(=O)CCNC(=O)NCC(F)(F)F. The van der Waals surface area contributed by atoms with Crippen LogP contribution in [-0.4, -0.2) is 50.2 Å². The molecule has 0 unspecified atom stereocenters. The molecule has 0 aliphatic rings. The first-order valence-corrected chi connectivity index (χ1v) is 4.51. The number of carbonyl (C=O) groups is 2. The fourth-order valence-corrected chi connectivity index (χ4v) is 0.750. The Balaban J connectivity index is 3.63. The number of hydrogen-bond acceptors (Lipinski definition) is 2. The van der Waals surface area contributed by atoms with Gasteiger partial charge in [0.05, 0.1) is 0 Å². The Morgan fingerprint density at radius 1 is 1.19 bits per heavy atom. The molecule has 0 saturated carbocycles. The van der Waals surface area contributed by atoms with Crippen molar-refractivity contribution in [2.75, 3.05) is 27.2 Å².